The topological polar surface area (TPSA) is 88.5 Å². The smallest absolute Gasteiger partial charge is 0.154 e. The molecule has 0 atom stereocenters. The van der Waals surface area contributed by atoms with Crippen molar-refractivity contribution in [1.29, 1.82) is 5.41 Å². The largest absolute Gasteiger partial charge is 0.456 e. The molecule has 5 heteroatoms. The molecule has 0 fully saturated rings. The van der Waals surface area contributed by atoms with Gasteiger partial charge in [0.25, 0.3) is 0 Å². The van der Waals surface area contributed by atoms with E-state index in [2.05, 4.69) is 41.4 Å². The van der Waals surface area contributed by atoms with Crippen LogP contribution in [-0.2, 0) is 0 Å². The molecule has 3 N–H and O–H groups in total. The molecule has 9 rings (SSSR count). The van der Waals surface area contributed by atoms with Gasteiger partial charge in [0, 0.05) is 32.7 Å². The van der Waals surface area contributed by atoms with Crippen LogP contribution in [0.25, 0.3) is 76.5 Å². The summed E-state index contributed by atoms with van der Waals surface area (Å²) in [6.45, 7) is 0. The predicted octanol–water partition coefficient (Wildman–Crippen LogP) is 10.2. The van der Waals surface area contributed by atoms with Gasteiger partial charge in [-0.05, 0) is 63.0 Å². The molecule has 5 nitrogen and oxygen atoms in total. The number of amidine groups is 2. The molecule has 212 valence electrons. The minimum atomic E-state index is 0.106. The number of rotatable bonds is 3. The maximum absolute atomic E-state index is 8.89. The minimum Gasteiger partial charge on any atom is -0.456 e. The first-order valence-corrected chi connectivity index (χ1v) is 14.8. The number of benzene rings is 7. The van der Waals surface area contributed by atoms with Crippen LogP contribution in [0.4, 0.5) is 0 Å². The van der Waals surface area contributed by atoms with Crippen molar-refractivity contribution < 1.29 is 8.83 Å². The van der Waals surface area contributed by atoms with Crippen LogP contribution < -0.4 is 5.73 Å². The number of furan rings is 2. The van der Waals surface area contributed by atoms with Crippen molar-refractivity contribution in [2.75, 3.05) is 0 Å². The SMILES string of the molecule is N=C(/N=C(\N)c1cccc2c(-c3cccc4oc5ccccc5c34)cccc12)c1ccc2c(ccc3oc4ccccc4c32)c1. The van der Waals surface area contributed by atoms with Crippen molar-refractivity contribution in [3.05, 3.63) is 145 Å². The Labute approximate surface area is 257 Å². The van der Waals surface area contributed by atoms with Gasteiger partial charge in [-0.15, -0.1) is 0 Å². The molecule has 0 unspecified atom stereocenters. The van der Waals surface area contributed by atoms with E-state index in [1.165, 1.54) is 0 Å². The molecule has 0 aliphatic carbocycles. The van der Waals surface area contributed by atoms with Crippen LogP contribution >= 0.6 is 0 Å². The lowest BCUT2D eigenvalue weighted by molar-refractivity contribution is 0.668. The molecule has 0 radical (unpaired) electrons. The van der Waals surface area contributed by atoms with Crippen molar-refractivity contribution in [2.45, 2.75) is 0 Å². The number of nitrogens with one attached hydrogen (secondary N) is 1. The summed E-state index contributed by atoms with van der Waals surface area (Å²) in [5.74, 6) is 0.403. The lowest BCUT2D eigenvalue weighted by Gasteiger charge is -2.12. The summed E-state index contributed by atoms with van der Waals surface area (Å²) in [6, 6.07) is 44.7. The Hall–Kier alpha value is -6.20. The van der Waals surface area contributed by atoms with Crippen LogP contribution in [0.3, 0.4) is 0 Å². The van der Waals surface area contributed by atoms with E-state index in [9.17, 15) is 0 Å². The number of hydrogen-bond acceptors (Lipinski definition) is 3. The third-order valence-electron chi connectivity index (χ3n) is 8.75. The molecule has 0 aliphatic rings. The summed E-state index contributed by atoms with van der Waals surface area (Å²) in [5, 5.41) is 17.3. The molecule has 0 saturated heterocycles. The van der Waals surface area contributed by atoms with Crippen LogP contribution in [0, 0.1) is 5.41 Å². The monoisotopic (exact) mass is 579 g/mol. The van der Waals surface area contributed by atoms with E-state index in [-0.39, 0.29) is 5.84 Å². The minimum absolute atomic E-state index is 0.106. The molecule has 45 heavy (non-hydrogen) atoms. The van der Waals surface area contributed by atoms with Gasteiger partial charge in [-0.3, -0.25) is 5.41 Å². The molecule has 9 aromatic rings. The van der Waals surface area contributed by atoms with E-state index in [0.29, 0.717) is 11.4 Å². The maximum atomic E-state index is 8.89. The predicted molar refractivity (Wildman–Crippen MR) is 185 cm³/mol. The lowest BCUT2D eigenvalue weighted by Crippen LogP contribution is -2.16. The van der Waals surface area contributed by atoms with E-state index in [1.807, 2.05) is 97.1 Å². The molecule has 0 aliphatic heterocycles. The number of nitrogens with zero attached hydrogens (tertiary/aromatic N) is 1. The maximum Gasteiger partial charge on any atom is 0.154 e. The number of fused-ring (bicyclic) bond motifs is 9. The van der Waals surface area contributed by atoms with Gasteiger partial charge in [0.05, 0.1) is 0 Å². The third-order valence-corrected chi connectivity index (χ3v) is 8.75. The van der Waals surface area contributed by atoms with E-state index < -0.39 is 0 Å². The van der Waals surface area contributed by atoms with Gasteiger partial charge in [-0.25, -0.2) is 4.99 Å². The summed E-state index contributed by atoms with van der Waals surface area (Å²) >= 11 is 0. The van der Waals surface area contributed by atoms with Crippen LogP contribution in [0.15, 0.2) is 147 Å². The molecule has 2 aromatic heterocycles. The Kier molecular flexibility index (Phi) is 5.43. The standard InChI is InChI=1S/C40H25N3O2/c41-39(24-18-20-25-23(22-24)19-21-36-37(25)31-8-1-3-15-33(31)45-36)43-40(42)30-14-6-10-26-27(11-5-12-28(26)30)29-13-7-17-35-38(29)32-9-2-4-16-34(32)44-35/h1-22H,(H3,41,42,43). The van der Waals surface area contributed by atoms with Gasteiger partial charge in [0.2, 0.25) is 0 Å². The summed E-state index contributed by atoms with van der Waals surface area (Å²) in [5.41, 5.74) is 13.7. The highest BCUT2D eigenvalue weighted by Crippen LogP contribution is 2.40. The average Bonchev–Trinajstić information content (AvgIpc) is 3.66. The van der Waals surface area contributed by atoms with Gasteiger partial charge in [0.15, 0.2) is 5.84 Å². The molecule has 0 amide bonds. The highest BCUT2D eigenvalue weighted by atomic mass is 16.3. The summed E-state index contributed by atoms with van der Waals surface area (Å²) in [4.78, 5) is 4.61. The quantitative estimate of drug-likeness (QED) is 0.161. The number of hydrogen-bond donors (Lipinski definition) is 2. The first kappa shape index (κ1) is 25.3. The molecule has 0 saturated carbocycles. The van der Waals surface area contributed by atoms with Crippen molar-refractivity contribution in [2.24, 2.45) is 10.7 Å². The molecule has 0 spiro atoms. The van der Waals surface area contributed by atoms with Gasteiger partial charge >= 0.3 is 0 Å². The van der Waals surface area contributed by atoms with E-state index in [1.54, 1.807) is 0 Å². The second kappa shape index (κ2) is 9.66. The van der Waals surface area contributed by atoms with Crippen LogP contribution in [-0.4, -0.2) is 11.7 Å². The van der Waals surface area contributed by atoms with Crippen LogP contribution in [0.1, 0.15) is 11.1 Å². The van der Waals surface area contributed by atoms with Crippen LogP contribution in [0.2, 0.25) is 0 Å². The van der Waals surface area contributed by atoms with Gasteiger partial charge in [0.1, 0.15) is 28.2 Å². The highest BCUT2D eigenvalue weighted by Gasteiger charge is 2.16. The van der Waals surface area contributed by atoms with E-state index in [0.717, 1.165) is 82.1 Å². The fourth-order valence-corrected chi connectivity index (χ4v) is 6.71. The Balaban J connectivity index is 1.13. The van der Waals surface area contributed by atoms with Crippen molar-refractivity contribution in [3.8, 4) is 11.1 Å². The molecule has 7 aromatic carbocycles. The van der Waals surface area contributed by atoms with Gasteiger partial charge < -0.3 is 14.6 Å². The molecular weight excluding hydrogens is 554 g/mol. The first-order valence-electron chi connectivity index (χ1n) is 14.8. The second-order valence-corrected chi connectivity index (χ2v) is 11.3. The van der Waals surface area contributed by atoms with Crippen LogP contribution in [0.5, 0.6) is 0 Å². The lowest BCUT2D eigenvalue weighted by atomic mass is 9.93. The fourth-order valence-electron chi connectivity index (χ4n) is 6.71. The van der Waals surface area contributed by atoms with Gasteiger partial charge in [-0.1, -0.05) is 103 Å². The average molecular weight is 580 g/mol. The first-order chi connectivity index (χ1) is 22.1. The number of aliphatic imine (C=N–C) groups is 1. The summed E-state index contributed by atoms with van der Waals surface area (Å²) in [6.07, 6.45) is 0. The zero-order valence-corrected chi connectivity index (χ0v) is 24.0. The zero-order chi connectivity index (χ0) is 30.1. The molecular formula is C40H25N3O2. The third kappa shape index (κ3) is 3.88. The van der Waals surface area contributed by atoms with E-state index >= 15 is 0 Å². The Morgan fingerprint density at radius 3 is 1.96 bits per heavy atom. The summed E-state index contributed by atoms with van der Waals surface area (Å²) < 4.78 is 12.2. The number of nitrogens with two attached hydrogens (primary N) is 1. The molecule has 0 bridgehead atoms. The Morgan fingerprint density at radius 1 is 0.511 bits per heavy atom. The highest BCUT2D eigenvalue weighted by molar-refractivity contribution is 6.21. The van der Waals surface area contributed by atoms with Gasteiger partial charge in [-0.2, -0.15) is 0 Å². The Morgan fingerprint density at radius 2 is 1.13 bits per heavy atom. The fraction of sp³-hybridized carbons (Fsp3) is 0. The zero-order valence-electron chi connectivity index (χ0n) is 24.0. The second-order valence-electron chi connectivity index (χ2n) is 11.3. The normalized spacial score (nSPS) is 12.3. The molecule has 2 heterocycles. The van der Waals surface area contributed by atoms with Crippen molar-refractivity contribution in [1.82, 2.24) is 0 Å². The Bertz CT molecular complexity index is 2690. The van der Waals surface area contributed by atoms with E-state index in [4.69, 9.17) is 20.0 Å². The van der Waals surface area contributed by atoms with Crippen molar-refractivity contribution in [3.63, 3.8) is 0 Å². The van der Waals surface area contributed by atoms with Crippen molar-refractivity contribution >= 4 is 77.1 Å². The number of para-hydroxylation sites is 2. The summed E-state index contributed by atoms with van der Waals surface area (Å²) in [7, 11) is 0.